The van der Waals surface area contributed by atoms with Gasteiger partial charge in [0.15, 0.2) is 11.6 Å². The van der Waals surface area contributed by atoms with Crippen molar-refractivity contribution in [3.63, 3.8) is 0 Å². The monoisotopic (exact) mass is 291 g/mol. The van der Waals surface area contributed by atoms with Crippen molar-refractivity contribution in [3.8, 4) is 0 Å². The number of aryl methyl sites for hydroxylation is 1. The molecule has 0 radical (unpaired) electrons. The van der Waals surface area contributed by atoms with Crippen LogP contribution in [-0.4, -0.2) is 17.0 Å². The summed E-state index contributed by atoms with van der Waals surface area (Å²) in [5.41, 5.74) is 0.797. The number of anilines is 1. The van der Waals surface area contributed by atoms with E-state index in [-0.39, 0.29) is 16.8 Å². The molecule has 2 N–H and O–H groups in total. The molecule has 0 fully saturated rings. The molecule has 0 saturated heterocycles. The SMILES string of the molecule is Cc1ccc(NC(=O)c2ccc(F)c(F)c2)cc1C(=O)O. The Morgan fingerprint density at radius 3 is 2.38 bits per heavy atom. The largest absolute Gasteiger partial charge is 0.478 e. The molecule has 2 aromatic carbocycles. The Hall–Kier alpha value is -2.76. The maximum absolute atomic E-state index is 13.1. The number of nitrogens with one attached hydrogen (secondary N) is 1. The third-order valence-electron chi connectivity index (χ3n) is 2.91. The molecule has 4 nitrogen and oxygen atoms in total. The number of carboxylic acid groups (broad SMARTS) is 1. The van der Waals surface area contributed by atoms with Crippen LogP contribution in [0.15, 0.2) is 36.4 Å². The van der Waals surface area contributed by atoms with E-state index in [2.05, 4.69) is 5.32 Å². The lowest BCUT2D eigenvalue weighted by Gasteiger charge is -2.08. The number of carbonyl (C=O) groups excluding carboxylic acids is 1. The smallest absolute Gasteiger partial charge is 0.336 e. The van der Waals surface area contributed by atoms with Crippen LogP contribution in [0.1, 0.15) is 26.3 Å². The average molecular weight is 291 g/mol. The van der Waals surface area contributed by atoms with Crippen molar-refractivity contribution in [1.82, 2.24) is 0 Å². The van der Waals surface area contributed by atoms with E-state index in [4.69, 9.17) is 5.11 Å². The third-order valence-corrected chi connectivity index (χ3v) is 2.91. The van der Waals surface area contributed by atoms with E-state index < -0.39 is 23.5 Å². The average Bonchev–Trinajstić information content (AvgIpc) is 2.43. The fraction of sp³-hybridized carbons (Fsp3) is 0.0667. The molecule has 21 heavy (non-hydrogen) atoms. The first-order valence-corrected chi connectivity index (χ1v) is 5.99. The van der Waals surface area contributed by atoms with Crippen LogP contribution in [0.3, 0.4) is 0 Å². The lowest BCUT2D eigenvalue weighted by atomic mass is 10.1. The first kappa shape index (κ1) is 14.6. The predicted octanol–water partition coefficient (Wildman–Crippen LogP) is 3.22. The summed E-state index contributed by atoms with van der Waals surface area (Å²) in [6.45, 7) is 1.63. The Morgan fingerprint density at radius 1 is 1.05 bits per heavy atom. The van der Waals surface area contributed by atoms with Gasteiger partial charge in [0.25, 0.3) is 5.91 Å². The molecule has 1 amide bonds. The molecule has 0 atom stereocenters. The van der Waals surface area contributed by atoms with E-state index >= 15 is 0 Å². The minimum atomic E-state index is -1.13. The number of amides is 1. The van der Waals surface area contributed by atoms with Gasteiger partial charge >= 0.3 is 5.97 Å². The lowest BCUT2D eigenvalue weighted by Crippen LogP contribution is -2.13. The van der Waals surface area contributed by atoms with Crippen molar-refractivity contribution in [2.45, 2.75) is 6.92 Å². The van der Waals surface area contributed by atoms with Gasteiger partial charge in [-0.25, -0.2) is 13.6 Å². The molecule has 0 aliphatic heterocycles. The second kappa shape index (κ2) is 5.70. The predicted molar refractivity (Wildman–Crippen MR) is 72.4 cm³/mol. The standard InChI is InChI=1S/C15H11F2NO3/c1-8-2-4-10(7-11(8)15(20)21)18-14(19)9-3-5-12(16)13(17)6-9/h2-7H,1H3,(H,18,19)(H,20,21). The van der Waals surface area contributed by atoms with Gasteiger partial charge in [-0.2, -0.15) is 0 Å². The quantitative estimate of drug-likeness (QED) is 0.912. The van der Waals surface area contributed by atoms with E-state index in [1.165, 1.54) is 12.1 Å². The van der Waals surface area contributed by atoms with Crippen LogP contribution in [0.2, 0.25) is 0 Å². The molecule has 2 rings (SSSR count). The number of hydrogen-bond acceptors (Lipinski definition) is 2. The van der Waals surface area contributed by atoms with Gasteiger partial charge in [-0.3, -0.25) is 4.79 Å². The minimum absolute atomic E-state index is 0.0538. The molecule has 2 aromatic rings. The highest BCUT2D eigenvalue weighted by molar-refractivity contribution is 6.04. The van der Waals surface area contributed by atoms with Crippen LogP contribution in [0.25, 0.3) is 0 Å². The first-order valence-electron chi connectivity index (χ1n) is 5.99. The van der Waals surface area contributed by atoms with Gasteiger partial charge in [0.05, 0.1) is 5.56 Å². The second-order valence-corrected chi connectivity index (χ2v) is 4.42. The Morgan fingerprint density at radius 2 is 1.76 bits per heavy atom. The van der Waals surface area contributed by atoms with Crippen molar-refractivity contribution in [1.29, 1.82) is 0 Å². The summed E-state index contributed by atoms with van der Waals surface area (Å²) in [6, 6.07) is 7.14. The summed E-state index contributed by atoms with van der Waals surface area (Å²) < 4.78 is 25.9. The molecule has 108 valence electrons. The maximum atomic E-state index is 13.1. The fourth-order valence-corrected chi connectivity index (χ4v) is 1.77. The zero-order chi connectivity index (χ0) is 15.6. The molecular formula is C15H11F2NO3. The van der Waals surface area contributed by atoms with E-state index in [1.54, 1.807) is 13.0 Å². The van der Waals surface area contributed by atoms with Crippen molar-refractivity contribution < 1.29 is 23.5 Å². The summed E-state index contributed by atoms with van der Waals surface area (Å²) in [5, 5.41) is 11.4. The topological polar surface area (TPSA) is 66.4 Å². The van der Waals surface area contributed by atoms with E-state index in [0.717, 1.165) is 18.2 Å². The number of carboxylic acids is 1. The van der Waals surface area contributed by atoms with Crippen LogP contribution in [0.5, 0.6) is 0 Å². The van der Waals surface area contributed by atoms with Gasteiger partial charge in [-0.05, 0) is 42.8 Å². The summed E-state index contributed by atoms with van der Waals surface area (Å²) >= 11 is 0. The normalized spacial score (nSPS) is 10.2. The van der Waals surface area contributed by atoms with Crippen molar-refractivity contribution >= 4 is 17.6 Å². The van der Waals surface area contributed by atoms with E-state index in [1.807, 2.05) is 0 Å². The fourth-order valence-electron chi connectivity index (χ4n) is 1.77. The lowest BCUT2D eigenvalue weighted by molar-refractivity contribution is 0.0695. The van der Waals surface area contributed by atoms with Gasteiger partial charge in [0, 0.05) is 11.3 Å². The van der Waals surface area contributed by atoms with Gasteiger partial charge in [0.1, 0.15) is 0 Å². The summed E-state index contributed by atoms with van der Waals surface area (Å²) in [7, 11) is 0. The highest BCUT2D eigenvalue weighted by Gasteiger charge is 2.12. The highest BCUT2D eigenvalue weighted by Crippen LogP contribution is 2.17. The number of hydrogen-bond donors (Lipinski definition) is 2. The van der Waals surface area contributed by atoms with Gasteiger partial charge in [0.2, 0.25) is 0 Å². The van der Waals surface area contributed by atoms with Crippen LogP contribution in [0, 0.1) is 18.6 Å². The first-order chi connectivity index (χ1) is 9.88. The molecule has 0 heterocycles. The Balaban J connectivity index is 2.25. The Kier molecular flexibility index (Phi) is 3.98. The number of carbonyl (C=O) groups is 2. The molecule has 0 bridgehead atoms. The van der Waals surface area contributed by atoms with Crippen LogP contribution >= 0.6 is 0 Å². The molecule has 6 heteroatoms. The van der Waals surface area contributed by atoms with Crippen LogP contribution in [0.4, 0.5) is 14.5 Å². The Bertz CT molecular complexity index is 729. The zero-order valence-electron chi connectivity index (χ0n) is 11.0. The van der Waals surface area contributed by atoms with Crippen molar-refractivity contribution in [2.75, 3.05) is 5.32 Å². The zero-order valence-corrected chi connectivity index (χ0v) is 11.0. The number of halogens is 2. The molecule has 0 aromatic heterocycles. The maximum Gasteiger partial charge on any atom is 0.336 e. The number of aromatic carboxylic acids is 1. The van der Waals surface area contributed by atoms with Crippen LogP contribution in [-0.2, 0) is 0 Å². The van der Waals surface area contributed by atoms with Crippen molar-refractivity contribution in [3.05, 3.63) is 64.7 Å². The van der Waals surface area contributed by atoms with Crippen molar-refractivity contribution in [2.24, 2.45) is 0 Å². The minimum Gasteiger partial charge on any atom is -0.478 e. The van der Waals surface area contributed by atoms with E-state index in [0.29, 0.717) is 5.56 Å². The van der Waals surface area contributed by atoms with Gasteiger partial charge < -0.3 is 10.4 Å². The van der Waals surface area contributed by atoms with E-state index in [9.17, 15) is 18.4 Å². The summed E-state index contributed by atoms with van der Waals surface area (Å²) in [6.07, 6.45) is 0. The number of rotatable bonds is 3. The molecule has 0 aliphatic carbocycles. The number of benzene rings is 2. The summed E-state index contributed by atoms with van der Waals surface area (Å²) in [5.74, 6) is -3.95. The second-order valence-electron chi connectivity index (χ2n) is 4.42. The molecule has 0 saturated carbocycles. The molecule has 0 aliphatic rings. The Labute approximate surface area is 119 Å². The summed E-state index contributed by atoms with van der Waals surface area (Å²) in [4.78, 5) is 22.9. The van der Waals surface area contributed by atoms with Crippen LogP contribution < -0.4 is 5.32 Å². The van der Waals surface area contributed by atoms with Gasteiger partial charge in [-0.15, -0.1) is 0 Å². The van der Waals surface area contributed by atoms with Gasteiger partial charge in [-0.1, -0.05) is 6.07 Å². The molecular weight excluding hydrogens is 280 g/mol. The third kappa shape index (κ3) is 3.22. The molecule has 0 unspecified atom stereocenters. The molecule has 0 spiro atoms. The highest BCUT2D eigenvalue weighted by atomic mass is 19.2.